The van der Waals surface area contributed by atoms with E-state index in [2.05, 4.69) is 4.98 Å². The molecule has 0 saturated carbocycles. The second-order valence-corrected chi connectivity index (χ2v) is 8.14. The molecule has 1 N–H and O–H groups in total. The minimum Gasteiger partial charge on any atom is -0.507 e. The fourth-order valence-electron chi connectivity index (χ4n) is 3.82. The lowest BCUT2D eigenvalue weighted by atomic mass is 9.99. The van der Waals surface area contributed by atoms with Gasteiger partial charge in [-0.25, -0.2) is 0 Å². The fourth-order valence-corrected chi connectivity index (χ4v) is 4.67. The fraction of sp³-hybridized carbons (Fsp3) is 0.174. The minimum atomic E-state index is -0.713. The van der Waals surface area contributed by atoms with Crippen LogP contribution in [-0.4, -0.2) is 39.9 Å². The Morgan fingerprint density at radius 3 is 2.71 bits per heavy atom. The van der Waals surface area contributed by atoms with E-state index >= 15 is 0 Å². The van der Waals surface area contributed by atoms with Crippen LogP contribution in [-0.2, 0) is 16.1 Å². The van der Waals surface area contributed by atoms with E-state index in [1.165, 1.54) is 16.2 Å². The molecule has 7 nitrogen and oxygen atoms in total. The number of likely N-dealkylation sites (tertiary alicyclic amines) is 1. The Bertz CT molecular complexity index is 1170. The van der Waals surface area contributed by atoms with E-state index in [1.54, 1.807) is 36.7 Å². The number of thiophene rings is 1. The van der Waals surface area contributed by atoms with Crippen molar-refractivity contribution >= 4 is 28.8 Å². The average molecular weight is 434 g/mol. The number of aliphatic hydroxyl groups excluding tert-OH is 1. The minimum absolute atomic E-state index is 0.0630. The predicted molar refractivity (Wildman–Crippen MR) is 114 cm³/mol. The maximum absolute atomic E-state index is 13.0. The Kier molecular flexibility index (Phi) is 4.91. The van der Waals surface area contributed by atoms with Gasteiger partial charge >= 0.3 is 0 Å². The number of nitrogens with zero attached hydrogens (tertiary/aromatic N) is 2. The van der Waals surface area contributed by atoms with Crippen LogP contribution >= 0.6 is 11.3 Å². The highest BCUT2D eigenvalue weighted by Crippen LogP contribution is 2.43. The summed E-state index contributed by atoms with van der Waals surface area (Å²) in [4.78, 5) is 32.4. The second kappa shape index (κ2) is 7.88. The van der Waals surface area contributed by atoms with Crippen molar-refractivity contribution in [1.29, 1.82) is 0 Å². The number of fused-ring (bicyclic) bond motifs is 1. The molecule has 31 heavy (non-hydrogen) atoms. The first-order valence-corrected chi connectivity index (χ1v) is 10.6. The average Bonchev–Trinajstić information content (AvgIpc) is 3.42. The molecule has 1 unspecified atom stereocenters. The van der Waals surface area contributed by atoms with Crippen molar-refractivity contribution in [2.75, 3.05) is 13.2 Å². The SMILES string of the molecule is O=C1C(=O)N(Cc2cccnc2)C(c2cccs2)/C1=C(\O)c1ccc2c(c1)OCCO2. The molecule has 156 valence electrons. The number of Topliss-reactive ketones (excluding diaryl/α,β-unsaturated/α-hetero) is 1. The number of hydrogen-bond acceptors (Lipinski definition) is 7. The summed E-state index contributed by atoms with van der Waals surface area (Å²) < 4.78 is 11.1. The second-order valence-electron chi connectivity index (χ2n) is 7.16. The Balaban J connectivity index is 1.60. The highest BCUT2D eigenvalue weighted by Gasteiger charge is 2.46. The number of ether oxygens (including phenoxy) is 2. The molecule has 2 aromatic heterocycles. The summed E-state index contributed by atoms with van der Waals surface area (Å²) in [5.41, 5.74) is 1.25. The van der Waals surface area contributed by atoms with Gasteiger partial charge in [0.2, 0.25) is 0 Å². The normalized spacial score (nSPS) is 19.6. The summed E-state index contributed by atoms with van der Waals surface area (Å²) in [6.45, 7) is 1.07. The van der Waals surface area contributed by atoms with Crippen molar-refractivity contribution in [2.45, 2.75) is 12.6 Å². The third-order valence-electron chi connectivity index (χ3n) is 5.24. The lowest BCUT2D eigenvalue weighted by Gasteiger charge is -2.24. The summed E-state index contributed by atoms with van der Waals surface area (Å²) >= 11 is 1.43. The first-order valence-electron chi connectivity index (χ1n) is 9.74. The van der Waals surface area contributed by atoms with Gasteiger partial charge in [0.05, 0.1) is 11.6 Å². The van der Waals surface area contributed by atoms with Crippen molar-refractivity contribution in [2.24, 2.45) is 0 Å². The van der Waals surface area contributed by atoms with Gasteiger partial charge in [-0.05, 0) is 41.3 Å². The van der Waals surface area contributed by atoms with Crippen LogP contribution in [0.25, 0.3) is 5.76 Å². The molecule has 1 amide bonds. The quantitative estimate of drug-likeness (QED) is 0.384. The number of rotatable bonds is 4. The summed E-state index contributed by atoms with van der Waals surface area (Å²) in [7, 11) is 0. The van der Waals surface area contributed by atoms with Crippen LogP contribution in [0.2, 0.25) is 0 Å². The number of ketones is 1. The van der Waals surface area contributed by atoms with Crippen LogP contribution in [0, 0.1) is 0 Å². The predicted octanol–water partition coefficient (Wildman–Crippen LogP) is 3.54. The van der Waals surface area contributed by atoms with E-state index in [9.17, 15) is 14.7 Å². The highest BCUT2D eigenvalue weighted by molar-refractivity contribution is 7.10. The van der Waals surface area contributed by atoms with Gasteiger partial charge < -0.3 is 19.5 Å². The van der Waals surface area contributed by atoms with E-state index < -0.39 is 17.7 Å². The molecule has 1 saturated heterocycles. The van der Waals surface area contributed by atoms with E-state index in [0.717, 1.165) is 10.4 Å². The van der Waals surface area contributed by atoms with Gasteiger partial charge in [0.25, 0.3) is 11.7 Å². The number of aromatic nitrogens is 1. The van der Waals surface area contributed by atoms with E-state index in [4.69, 9.17) is 9.47 Å². The number of hydrogen-bond donors (Lipinski definition) is 1. The van der Waals surface area contributed by atoms with Crippen molar-refractivity contribution in [3.8, 4) is 11.5 Å². The molecule has 0 bridgehead atoms. The Morgan fingerprint density at radius 1 is 1.13 bits per heavy atom. The summed E-state index contributed by atoms with van der Waals surface area (Å²) in [6, 6.07) is 11.6. The molecule has 2 aliphatic heterocycles. The van der Waals surface area contributed by atoms with Crippen LogP contribution < -0.4 is 9.47 Å². The number of aliphatic hydroxyl groups is 1. The van der Waals surface area contributed by atoms with Gasteiger partial charge in [0, 0.05) is 29.4 Å². The third-order valence-corrected chi connectivity index (χ3v) is 6.17. The Hall–Kier alpha value is -3.65. The maximum atomic E-state index is 13.0. The number of carbonyl (C=O) groups is 2. The molecule has 0 aliphatic carbocycles. The standard InChI is InChI=1S/C23H18N2O5S/c26-21(15-5-6-16-17(11-15)30-9-8-29-16)19-20(18-4-2-10-31-18)25(23(28)22(19)27)13-14-3-1-7-24-12-14/h1-7,10-12,20,26H,8-9,13H2/b21-19+. The lowest BCUT2D eigenvalue weighted by molar-refractivity contribution is -0.140. The van der Waals surface area contributed by atoms with Crippen molar-refractivity contribution < 1.29 is 24.2 Å². The van der Waals surface area contributed by atoms with Gasteiger partial charge in [-0.2, -0.15) is 0 Å². The number of carbonyl (C=O) groups excluding carboxylic acids is 2. The van der Waals surface area contributed by atoms with Crippen LogP contribution in [0.4, 0.5) is 0 Å². The zero-order chi connectivity index (χ0) is 21.4. The van der Waals surface area contributed by atoms with Crippen LogP contribution in [0.5, 0.6) is 11.5 Å². The number of amides is 1. The first kappa shape index (κ1) is 19.3. The van der Waals surface area contributed by atoms with Crippen molar-refractivity contribution in [3.63, 3.8) is 0 Å². The van der Waals surface area contributed by atoms with Gasteiger partial charge in [-0.3, -0.25) is 14.6 Å². The molecule has 0 radical (unpaired) electrons. The van der Waals surface area contributed by atoms with Gasteiger partial charge in [0.15, 0.2) is 11.5 Å². The van der Waals surface area contributed by atoms with Gasteiger partial charge in [0.1, 0.15) is 19.0 Å². The highest BCUT2D eigenvalue weighted by atomic mass is 32.1. The van der Waals surface area contributed by atoms with E-state index in [-0.39, 0.29) is 17.9 Å². The topological polar surface area (TPSA) is 89.0 Å². The van der Waals surface area contributed by atoms with Gasteiger partial charge in [-0.15, -0.1) is 11.3 Å². The summed E-state index contributed by atoms with van der Waals surface area (Å²) in [5, 5.41) is 13.0. The zero-order valence-electron chi connectivity index (χ0n) is 16.4. The summed E-state index contributed by atoms with van der Waals surface area (Å²) in [6.07, 6.45) is 3.31. The van der Waals surface area contributed by atoms with Crippen LogP contribution in [0.1, 0.15) is 22.0 Å². The smallest absolute Gasteiger partial charge is 0.295 e. The number of pyridine rings is 1. The summed E-state index contributed by atoms with van der Waals surface area (Å²) in [5.74, 6) is -0.527. The van der Waals surface area contributed by atoms with Crippen LogP contribution in [0.15, 0.2) is 65.8 Å². The molecule has 4 heterocycles. The molecule has 1 aromatic carbocycles. The van der Waals surface area contributed by atoms with Crippen molar-refractivity contribution in [1.82, 2.24) is 9.88 Å². The largest absolute Gasteiger partial charge is 0.507 e. The monoisotopic (exact) mass is 434 g/mol. The molecule has 2 aliphatic rings. The molecular formula is C23H18N2O5S. The third kappa shape index (κ3) is 3.44. The van der Waals surface area contributed by atoms with E-state index in [1.807, 2.05) is 23.6 Å². The van der Waals surface area contributed by atoms with E-state index in [0.29, 0.717) is 30.3 Å². The Morgan fingerprint density at radius 2 is 1.97 bits per heavy atom. The maximum Gasteiger partial charge on any atom is 0.295 e. The first-order chi connectivity index (χ1) is 15.1. The number of benzene rings is 1. The molecule has 3 aromatic rings. The van der Waals surface area contributed by atoms with Crippen LogP contribution in [0.3, 0.4) is 0 Å². The van der Waals surface area contributed by atoms with Crippen molar-refractivity contribution in [3.05, 3.63) is 81.8 Å². The molecule has 0 spiro atoms. The molecule has 5 rings (SSSR count). The zero-order valence-corrected chi connectivity index (χ0v) is 17.2. The van der Waals surface area contributed by atoms with Gasteiger partial charge in [-0.1, -0.05) is 12.1 Å². The Labute approximate surface area is 182 Å². The molecule has 1 atom stereocenters. The molecule has 1 fully saturated rings. The molecular weight excluding hydrogens is 416 g/mol. The molecule has 8 heteroatoms. The lowest BCUT2D eigenvalue weighted by Crippen LogP contribution is -2.28.